The Bertz CT molecular complexity index is 642. The van der Waals surface area contributed by atoms with Crippen LogP contribution in [0.15, 0.2) is 18.2 Å². The lowest BCUT2D eigenvalue weighted by Crippen LogP contribution is -2.14. The molecule has 0 radical (unpaired) electrons. The molecule has 116 valence electrons. The SMILES string of the molecule is COc1cccc2c1nc(CCCl)n2CCC(C)S(C)=O. The number of hydrogen-bond acceptors (Lipinski definition) is 3. The van der Waals surface area contributed by atoms with Crippen LogP contribution in [0.4, 0.5) is 0 Å². The van der Waals surface area contributed by atoms with E-state index in [2.05, 4.69) is 9.55 Å². The highest BCUT2D eigenvalue weighted by Crippen LogP contribution is 2.26. The molecule has 0 bridgehead atoms. The standard InChI is InChI=1S/C15H21ClN2O2S/c1-11(21(3)19)8-10-18-12-5-4-6-13(20-2)15(12)17-14(18)7-9-16/h4-6,11H,7-10H2,1-3H3. The van der Waals surface area contributed by atoms with Gasteiger partial charge in [-0.1, -0.05) is 13.0 Å². The Balaban J connectivity index is 2.39. The monoisotopic (exact) mass is 328 g/mol. The van der Waals surface area contributed by atoms with Crippen LogP contribution in [0.3, 0.4) is 0 Å². The highest BCUT2D eigenvalue weighted by molar-refractivity contribution is 7.84. The Hall–Kier alpha value is -1.07. The fraction of sp³-hybridized carbons (Fsp3) is 0.533. The topological polar surface area (TPSA) is 44.1 Å². The Morgan fingerprint density at radius 1 is 1.48 bits per heavy atom. The molecule has 0 saturated carbocycles. The zero-order chi connectivity index (χ0) is 15.4. The van der Waals surface area contributed by atoms with Gasteiger partial charge in [-0.05, 0) is 18.6 Å². The first-order valence-electron chi connectivity index (χ1n) is 6.98. The van der Waals surface area contributed by atoms with Crippen molar-refractivity contribution in [3.63, 3.8) is 0 Å². The minimum absolute atomic E-state index is 0.164. The third kappa shape index (κ3) is 3.58. The van der Waals surface area contributed by atoms with Crippen LogP contribution in [0, 0.1) is 0 Å². The molecule has 0 saturated heterocycles. The molecule has 0 fully saturated rings. The molecule has 21 heavy (non-hydrogen) atoms. The number of rotatable bonds is 7. The van der Waals surface area contributed by atoms with Crippen LogP contribution < -0.4 is 4.74 Å². The number of halogens is 1. The number of para-hydroxylation sites is 1. The summed E-state index contributed by atoms with van der Waals surface area (Å²) in [7, 11) is 0.844. The van der Waals surface area contributed by atoms with Crippen molar-refractivity contribution in [2.24, 2.45) is 0 Å². The molecule has 0 aliphatic carbocycles. The number of methoxy groups -OCH3 is 1. The van der Waals surface area contributed by atoms with E-state index in [1.54, 1.807) is 13.4 Å². The largest absolute Gasteiger partial charge is 0.494 e. The van der Waals surface area contributed by atoms with E-state index in [1.807, 2.05) is 25.1 Å². The lowest BCUT2D eigenvalue weighted by atomic mass is 10.2. The molecule has 0 N–H and O–H groups in total. The van der Waals surface area contributed by atoms with Gasteiger partial charge in [0.2, 0.25) is 0 Å². The Kier molecular flexibility index (Phi) is 5.65. The second-order valence-corrected chi connectivity index (χ2v) is 7.22. The van der Waals surface area contributed by atoms with Crippen molar-refractivity contribution in [3.05, 3.63) is 24.0 Å². The van der Waals surface area contributed by atoms with Gasteiger partial charge < -0.3 is 9.30 Å². The lowest BCUT2D eigenvalue weighted by Gasteiger charge is -2.12. The fourth-order valence-corrected chi connectivity index (χ4v) is 2.94. The predicted octanol–water partition coefficient (Wildman–Crippen LogP) is 2.98. The summed E-state index contributed by atoms with van der Waals surface area (Å²) in [5, 5.41) is 0.164. The van der Waals surface area contributed by atoms with Crippen LogP contribution >= 0.6 is 11.6 Å². The fourth-order valence-electron chi connectivity index (χ4n) is 2.34. The van der Waals surface area contributed by atoms with E-state index < -0.39 is 10.8 Å². The number of imidazole rings is 1. The normalized spacial score (nSPS) is 14.3. The number of aryl methyl sites for hydroxylation is 2. The van der Waals surface area contributed by atoms with Gasteiger partial charge in [0, 0.05) is 41.2 Å². The summed E-state index contributed by atoms with van der Waals surface area (Å²) in [4.78, 5) is 4.67. The average Bonchev–Trinajstić information content (AvgIpc) is 2.82. The van der Waals surface area contributed by atoms with E-state index in [4.69, 9.17) is 16.3 Å². The van der Waals surface area contributed by atoms with Gasteiger partial charge in [0.05, 0.1) is 12.6 Å². The average molecular weight is 329 g/mol. The summed E-state index contributed by atoms with van der Waals surface area (Å²) in [6.07, 6.45) is 3.31. The van der Waals surface area contributed by atoms with Crippen molar-refractivity contribution >= 4 is 33.4 Å². The van der Waals surface area contributed by atoms with Crippen molar-refractivity contribution in [2.75, 3.05) is 19.2 Å². The second kappa shape index (κ2) is 7.27. The van der Waals surface area contributed by atoms with Gasteiger partial charge in [-0.3, -0.25) is 4.21 Å². The molecule has 0 amide bonds. The van der Waals surface area contributed by atoms with Crippen LogP contribution in [-0.4, -0.2) is 38.3 Å². The maximum atomic E-state index is 11.5. The molecule has 2 aromatic rings. The third-order valence-electron chi connectivity index (χ3n) is 3.68. The molecule has 4 nitrogen and oxygen atoms in total. The van der Waals surface area contributed by atoms with Crippen LogP contribution in [-0.2, 0) is 23.8 Å². The van der Waals surface area contributed by atoms with Gasteiger partial charge in [0.15, 0.2) is 0 Å². The van der Waals surface area contributed by atoms with Crippen molar-refractivity contribution < 1.29 is 8.95 Å². The maximum Gasteiger partial charge on any atom is 0.146 e. The number of aromatic nitrogens is 2. The number of fused-ring (bicyclic) bond motifs is 1. The van der Waals surface area contributed by atoms with E-state index in [9.17, 15) is 4.21 Å². The molecule has 1 aromatic heterocycles. The number of ether oxygens (including phenoxy) is 1. The first kappa shape index (κ1) is 16.3. The van der Waals surface area contributed by atoms with Crippen molar-refractivity contribution in [3.8, 4) is 5.75 Å². The zero-order valence-electron chi connectivity index (χ0n) is 12.6. The van der Waals surface area contributed by atoms with E-state index in [-0.39, 0.29) is 5.25 Å². The Morgan fingerprint density at radius 2 is 2.24 bits per heavy atom. The molecule has 2 unspecified atom stereocenters. The van der Waals surface area contributed by atoms with Gasteiger partial charge in [-0.2, -0.15) is 0 Å². The van der Waals surface area contributed by atoms with Gasteiger partial charge >= 0.3 is 0 Å². The molecule has 1 heterocycles. The molecule has 0 aliphatic rings. The number of hydrogen-bond donors (Lipinski definition) is 0. The van der Waals surface area contributed by atoms with Crippen LogP contribution in [0.25, 0.3) is 11.0 Å². The highest BCUT2D eigenvalue weighted by atomic mass is 35.5. The number of nitrogens with zero attached hydrogens (tertiary/aromatic N) is 2. The molecule has 6 heteroatoms. The first-order chi connectivity index (χ1) is 10.1. The second-order valence-electron chi connectivity index (χ2n) is 5.04. The van der Waals surface area contributed by atoms with Gasteiger partial charge in [-0.15, -0.1) is 11.6 Å². The molecular formula is C15H21ClN2O2S. The van der Waals surface area contributed by atoms with Gasteiger partial charge in [0.25, 0.3) is 0 Å². The molecule has 2 rings (SSSR count). The minimum Gasteiger partial charge on any atom is -0.494 e. The summed E-state index contributed by atoms with van der Waals surface area (Å²) >= 11 is 5.89. The quantitative estimate of drug-likeness (QED) is 0.734. The molecule has 0 aliphatic heterocycles. The summed E-state index contributed by atoms with van der Waals surface area (Å²) in [6, 6.07) is 5.91. The number of benzene rings is 1. The van der Waals surface area contributed by atoms with E-state index in [0.717, 1.165) is 35.6 Å². The highest BCUT2D eigenvalue weighted by Gasteiger charge is 2.15. The maximum absolute atomic E-state index is 11.5. The van der Waals surface area contributed by atoms with Gasteiger partial charge in [0.1, 0.15) is 17.1 Å². The van der Waals surface area contributed by atoms with E-state index in [0.29, 0.717) is 12.3 Å². The Labute approximate surface area is 132 Å². The third-order valence-corrected chi connectivity index (χ3v) is 5.24. The first-order valence-corrected chi connectivity index (χ1v) is 9.14. The zero-order valence-corrected chi connectivity index (χ0v) is 14.2. The molecule has 2 atom stereocenters. The van der Waals surface area contributed by atoms with Crippen molar-refractivity contribution in [1.82, 2.24) is 9.55 Å². The minimum atomic E-state index is -0.806. The molecule has 1 aromatic carbocycles. The van der Waals surface area contributed by atoms with E-state index in [1.165, 1.54) is 0 Å². The van der Waals surface area contributed by atoms with Crippen LogP contribution in [0.2, 0.25) is 0 Å². The summed E-state index contributed by atoms with van der Waals surface area (Å²) in [5.74, 6) is 2.26. The van der Waals surface area contributed by atoms with Crippen molar-refractivity contribution in [1.29, 1.82) is 0 Å². The van der Waals surface area contributed by atoms with Crippen LogP contribution in [0.1, 0.15) is 19.2 Å². The smallest absolute Gasteiger partial charge is 0.146 e. The summed E-state index contributed by atoms with van der Waals surface area (Å²) < 4.78 is 19.1. The van der Waals surface area contributed by atoms with Gasteiger partial charge in [-0.25, -0.2) is 4.98 Å². The predicted molar refractivity (Wildman–Crippen MR) is 88.9 cm³/mol. The lowest BCUT2D eigenvalue weighted by molar-refractivity contribution is 0.419. The molecular weight excluding hydrogens is 308 g/mol. The summed E-state index contributed by atoms with van der Waals surface area (Å²) in [5.41, 5.74) is 1.91. The molecule has 0 spiro atoms. The van der Waals surface area contributed by atoms with Crippen molar-refractivity contribution in [2.45, 2.75) is 31.6 Å². The summed E-state index contributed by atoms with van der Waals surface area (Å²) in [6.45, 7) is 2.80. The van der Waals surface area contributed by atoms with E-state index >= 15 is 0 Å². The Morgan fingerprint density at radius 3 is 2.86 bits per heavy atom. The number of alkyl halides is 1. The van der Waals surface area contributed by atoms with Crippen LogP contribution in [0.5, 0.6) is 5.75 Å².